The molecule has 0 saturated heterocycles. The van der Waals surface area contributed by atoms with Crippen molar-refractivity contribution < 1.29 is 0 Å². The fourth-order valence-electron chi connectivity index (χ4n) is 2.68. The van der Waals surface area contributed by atoms with E-state index in [9.17, 15) is 0 Å². The van der Waals surface area contributed by atoms with Crippen LogP contribution in [0.4, 0.5) is 0 Å². The van der Waals surface area contributed by atoms with Crippen molar-refractivity contribution >= 4 is 41.5 Å². The summed E-state index contributed by atoms with van der Waals surface area (Å²) in [6, 6.07) is 16.0. The maximum atomic E-state index is 5.95. The Labute approximate surface area is 181 Å². The summed E-state index contributed by atoms with van der Waals surface area (Å²) < 4.78 is 0. The number of aliphatic imine (C=N–C) groups is 1. The molecule has 0 saturated carbocycles. The van der Waals surface area contributed by atoms with E-state index < -0.39 is 0 Å². The van der Waals surface area contributed by atoms with Gasteiger partial charge in [-0.2, -0.15) is 5.10 Å². The lowest BCUT2D eigenvalue weighted by Crippen LogP contribution is -2.38. The summed E-state index contributed by atoms with van der Waals surface area (Å²) in [6.45, 7) is 1.41. The molecule has 2 N–H and O–H groups in total. The van der Waals surface area contributed by atoms with Crippen molar-refractivity contribution in [1.29, 1.82) is 0 Å². The first-order valence-electron chi connectivity index (χ1n) is 8.26. The Morgan fingerprint density at radius 1 is 1.19 bits per heavy atom. The zero-order valence-corrected chi connectivity index (χ0v) is 18.3. The quantitative estimate of drug-likeness (QED) is 0.319. The standard InChI is InChI=1S/C19H21ClN6.HI/c1-21-19(26(2)12-14-6-8-17(20)9-7-14)22-11-15-4-3-5-16(10-15)18-23-13-24-25-18;/h3-10,13H,11-12H2,1-2H3,(H,21,22)(H,23,24,25);1H. The molecule has 27 heavy (non-hydrogen) atoms. The number of aromatic nitrogens is 3. The molecule has 3 aromatic rings. The second-order valence-corrected chi connectivity index (χ2v) is 6.35. The summed E-state index contributed by atoms with van der Waals surface area (Å²) in [4.78, 5) is 10.6. The molecule has 0 radical (unpaired) electrons. The Morgan fingerprint density at radius 2 is 1.96 bits per heavy atom. The lowest BCUT2D eigenvalue weighted by Gasteiger charge is -2.22. The fourth-order valence-corrected chi connectivity index (χ4v) is 2.80. The van der Waals surface area contributed by atoms with Crippen LogP contribution >= 0.6 is 35.6 Å². The van der Waals surface area contributed by atoms with Gasteiger partial charge in [-0.25, -0.2) is 4.98 Å². The SMILES string of the molecule is CN=C(NCc1cccc(-c2ncn[nH]2)c1)N(C)Cc1ccc(Cl)cc1.I. The Balaban J connectivity index is 0.00000261. The number of nitrogens with one attached hydrogen (secondary N) is 2. The number of halogens is 2. The highest BCUT2D eigenvalue weighted by molar-refractivity contribution is 14.0. The van der Waals surface area contributed by atoms with Gasteiger partial charge in [-0.1, -0.05) is 41.9 Å². The normalized spacial score (nSPS) is 11.0. The molecule has 0 aliphatic heterocycles. The maximum Gasteiger partial charge on any atom is 0.193 e. The molecular formula is C19H22ClIN6. The molecule has 142 valence electrons. The molecule has 0 atom stereocenters. The van der Waals surface area contributed by atoms with E-state index in [2.05, 4.69) is 42.5 Å². The van der Waals surface area contributed by atoms with Crippen LogP contribution in [-0.4, -0.2) is 40.1 Å². The van der Waals surface area contributed by atoms with Gasteiger partial charge < -0.3 is 10.2 Å². The predicted molar refractivity (Wildman–Crippen MR) is 120 cm³/mol. The third-order valence-corrected chi connectivity index (χ3v) is 4.22. The number of guanidine groups is 1. The van der Waals surface area contributed by atoms with Crippen LogP contribution in [0, 0.1) is 0 Å². The summed E-state index contributed by atoms with van der Waals surface area (Å²) in [6.07, 6.45) is 1.51. The Morgan fingerprint density at radius 3 is 2.63 bits per heavy atom. The van der Waals surface area contributed by atoms with Gasteiger partial charge in [-0.15, -0.1) is 24.0 Å². The van der Waals surface area contributed by atoms with Gasteiger partial charge in [-0.3, -0.25) is 10.1 Å². The third kappa shape index (κ3) is 5.93. The summed E-state index contributed by atoms with van der Waals surface area (Å²) in [5.74, 6) is 1.58. The van der Waals surface area contributed by atoms with Crippen LogP contribution < -0.4 is 5.32 Å². The lowest BCUT2D eigenvalue weighted by atomic mass is 10.1. The van der Waals surface area contributed by atoms with E-state index in [0.717, 1.165) is 34.5 Å². The van der Waals surface area contributed by atoms with Crippen molar-refractivity contribution in [2.24, 2.45) is 4.99 Å². The molecule has 2 aromatic carbocycles. The molecule has 6 nitrogen and oxygen atoms in total. The number of rotatable bonds is 5. The number of hydrogen-bond donors (Lipinski definition) is 2. The molecule has 0 spiro atoms. The van der Waals surface area contributed by atoms with Crippen molar-refractivity contribution in [1.82, 2.24) is 25.4 Å². The third-order valence-electron chi connectivity index (χ3n) is 3.97. The van der Waals surface area contributed by atoms with Crippen LogP contribution in [0.3, 0.4) is 0 Å². The van der Waals surface area contributed by atoms with Crippen molar-refractivity contribution in [2.45, 2.75) is 13.1 Å². The number of H-pyrrole nitrogens is 1. The van der Waals surface area contributed by atoms with E-state index in [1.165, 1.54) is 11.9 Å². The largest absolute Gasteiger partial charge is 0.352 e. The minimum atomic E-state index is 0. The van der Waals surface area contributed by atoms with Gasteiger partial charge in [-0.05, 0) is 29.3 Å². The summed E-state index contributed by atoms with van der Waals surface area (Å²) >= 11 is 5.95. The molecule has 0 aliphatic carbocycles. The molecule has 0 amide bonds. The second kappa shape index (κ2) is 10.3. The first-order valence-corrected chi connectivity index (χ1v) is 8.64. The smallest absolute Gasteiger partial charge is 0.193 e. The average molecular weight is 497 g/mol. The van der Waals surface area contributed by atoms with Gasteiger partial charge in [0.15, 0.2) is 11.8 Å². The van der Waals surface area contributed by atoms with Crippen LogP contribution in [-0.2, 0) is 13.1 Å². The van der Waals surface area contributed by atoms with Gasteiger partial charge >= 0.3 is 0 Å². The Bertz CT molecular complexity index is 864. The first kappa shape index (κ1) is 21.2. The van der Waals surface area contributed by atoms with Crippen molar-refractivity contribution in [3.8, 4) is 11.4 Å². The van der Waals surface area contributed by atoms with Crippen LogP contribution in [0.15, 0.2) is 59.9 Å². The second-order valence-electron chi connectivity index (χ2n) is 5.92. The molecule has 0 bridgehead atoms. The summed E-state index contributed by atoms with van der Waals surface area (Å²) in [5.41, 5.74) is 3.32. The highest BCUT2D eigenvalue weighted by Gasteiger charge is 2.08. The minimum Gasteiger partial charge on any atom is -0.352 e. The van der Waals surface area contributed by atoms with Crippen LogP contribution in [0.1, 0.15) is 11.1 Å². The van der Waals surface area contributed by atoms with E-state index in [1.54, 1.807) is 7.05 Å². The van der Waals surface area contributed by atoms with E-state index in [0.29, 0.717) is 6.54 Å². The average Bonchev–Trinajstić information content (AvgIpc) is 3.19. The number of hydrogen-bond acceptors (Lipinski definition) is 3. The van der Waals surface area contributed by atoms with E-state index in [1.807, 2.05) is 43.4 Å². The molecule has 0 aliphatic rings. The molecular weight excluding hydrogens is 475 g/mol. The van der Waals surface area contributed by atoms with E-state index >= 15 is 0 Å². The number of nitrogens with zero attached hydrogens (tertiary/aromatic N) is 4. The topological polar surface area (TPSA) is 69.2 Å². The molecule has 0 fully saturated rings. The fraction of sp³-hybridized carbons (Fsp3) is 0.211. The molecule has 1 aromatic heterocycles. The number of benzene rings is 2. The molecule has 3 rings (SSSR count). The van der Waals surface area contributed by atoms with Gasteiger partial charge in [0.1, 0.15) is 6.33 Å². The van der Waals surface area contributed by atoms with Gasteiger partial charge in [0, 0.05) is 37.8 Å². The predicted octanol–water partition coefficient (Wildman–Crippen LogP) is 3.95. The van der Waals surface area contributed by atoms with Crippen molar-refractivity contribution in [3.05, 3.63) is 71.0 Å². The Hall–Kier alpha value is -2.13. The van der Waals surface area contributed by atoms with E-state index in [-0.39, 0.29) is 24.0 Å². The monoisotopic (exact) mass is 496 g/mol. The van der Waals surface area contributed by atoms with Crippen LogP contribution in [0.25, 0.3) is 11.4 Å². The highest BCUT2D eigenvalue weighted by atomic mass is 127. The molecule has 1 heterocycles. The van der Waals surface area contributed by atoms with Crippen LogP contribution in [0.5, 0.6) is 0 Å². The number of aromatic amines is 1. The first-order chi connectivity index (χ1) is 12.7. The van der Waals surface area contributed by atoms with Gasteiger partial charge in [0.25, 0.3) is 0 Å². The zero-order chi connectivity index (χ0) is 18.4. The highest BCUT2D eigenvalue weighted by Crippen LogP contribution is 2.15. The van der Waals surface area contributed by atoms with Crippen molar-refractivity contribution in [2.75, 3.05) is 14.1 Å². The maximum absolute atomic E-state index is 5.95. The summed E-state index contributed by atoms with van der Waals surface area (Å²) in [7, 11) is 3.79. The Kier molecular flexibility index (Phi) is 8.05. The minimum absolute atomic E-state index is 0. The van der Waals surface area contributed by atoms with E-state index in [4.69, 9.17) is 11.6 Å². The van der Waals surface area contributed by atoms with Crippen LogP contribution in [0.2, 0.25) is 5.02 Å². The zero-order valence-electron chi connectivity index (χ0n) is 15.2. The lowest BCUT2D eigenvalue weighted by molar-refractivity contribution is 0.476. The van der Waals surface area contributed by atoms with Gasteiger partial charge in [0.2, 0.25) is 0 Å². The summed E-state index contributed by atoms with van der Waals surface area (Å²) in [5, 5.41) is 10.9. The van der Waals surface area contributed by atoms with Crippen molar-refractivity contribution in [3.63, 3.8) is 0 Å². The molecule has 0 unspecified atom stereocenters. The van der Waals surface area contributed by atoms with Gasteiger partial charge in [0.05, 0.1) is 0 Å². The molecule has 8 heteroatoms.